The van der Waals surface area contributed by atoms with Crippen molar-refractivity contribution in [2.24, 2.45) is 4.99 Å². The van der Waals surface area contributed by atoms with Crippen molar-refractivity contribution in [3.05, 3.63) is 54.0 Å². The highest BCUT2D eigenvalue weighted by Gasteiger charge is 2.49. The lowest BCUT2D eigenvalue weighted by Gasteiger charge is -2.14. The number of thioether (sulfide) groups is 1. The molecular formula is C18H12F4N4O3S2. The van der Waals surface area contributed by atoms with Crippen molar-refractivity contribution in [3.8, 4) is 5.75 Å². The summed E-state index contributed by atoms with van der Waals surface area (Å²) in [6.45, 7) is 0.441. The summed E-state index contributed by atoms with van der Waals surface area (Å²) in [6.07, 6.45) is 1.40. The van der Waals surface area contributed by atoms with E-state index < -0.39 is 27.2 Å². The van der Waals surface area contributed by atoms with E-state index in [1.54, 1.807) is 6.07 Å². The van der Waals surface area contributed by atoms with Crippen LogP contribution in [0.1, 0.15) is 5.56 Å². The molecule has 0 saturated heterocycles. The Morgan fingerprint density at radius 3 is 2.65 bits per heavy atom. The minimum atomic E-state index is -5.90. The molecule has 0 fully saturated rings. The van der Waals surface area contributed by atoms with Gasteiger partial charge in [0.15, 0.2) is 5.75 Å². The zero-order valence-electron chi connectivity index (χ0n) is 15.4. The average molecular weight is 472 g/mol. The van der Waals surface area contributed by atoms with E-state index in [4.69, 9.17) is 0 Å². The molecule has 0 bridgehead atoms. The van der Waals surface area contributed by atoms with Crippen molar-refractivity contribution in [2.45, 2.75) is 5.51 Å². The lowest BCUT2D eigenvalue weighted by molar-refractivity contribution is -0.0500. The van der Waals surface area contributed by atoms with Gasteiger partial charge < -0.3 is 9.50 Å². The molecule has 0 saturated carbocycles. The van der Waals surface area contributed by atoms with Crippen LogP contribution in [0.5, 0.6) is 5.75 Å². The Labute approximate surface area is 177 Å². The maximum Gasteiger partial charge on any atom is 0.534 e. The number of alkyl halides is 3. The molecule has 1 aliphatic heterocycles. The first-order valence-corrected chi connectivity index (χ1v) is 11.0. The normalized spacial score (nSPS) is 14.5. The molecule has 31 heavy (non-hydrogen) atoms. The first-order chi connectivity index (χ1) is 14.6. The van der Waals surface area contributed by atoms with Crippen LogP contribution >= 0.6 is 11.8 Å². The highest BCUT2D eigenvalue weighted by molar-refractivity contribution is 8.14. The molecule has 3 aromatic rings. The van der Waals surface area contributed by atoms with Crippen LogP contribution in [0.4, 0.5) is 29.2 Å². The summed E-state index contributed by atoms with van der Waals surface area (Å²) in [6, 6.07) is 7.99. The second-order valence-electron chi connectivity index (χ2n) is 6.25. The fourth-order valence-electron chi connectivity index (χ4n) is 2.71. The summed E-state index contributed by atoms with van der Waals surface area (Å²) in [5.41, 5.74) is -5.03. The summed E-state index contributed by atoms with van der Waals surface area (Å²) in [4.78, 5) is 12.5. The summed E-state index contributed by atoms with van der Waals surface area (Å²) in [5.74, 6) is -0.402. The Kier molecular flexibility index (Phi) is 5.47. The molecule has 1 N–H and O–H groups in total. The first-order valence-electron chi connectivity index (χ1n) is 8.64. The van der Waals surface area contributed by atoms with E-state index in [0.29, 0.717) is 28.4 Å². The smallest absolute Gasteiger partial charge is 0.375 e. The fourth-order valence-corrected chi connectivity index (χ4v) is 4.06. The minimum Gasteiger partial charge on any atom is -0.375 e. The molecule has 0 radical (unpaired) electrons. The van der Waals surface area contributed by atoms with Crippen molar-refractivity contribution < 1.29 is 30.2 Å². The fraction of sp³-hybridized carbons (Fsp3) is 0.167. The van der Waals surface area contributed by atoms with E-state index in [1.807, 2.05) is 0 Å². The minimum absolute atomic E-state index is 0.0306. The van der Waals surface area contributed by atoms with Gasteiger partial charge in [0.2, 0.25) is 5.95 Å². The topological polar surface area (TPSA) is 93.5 Å². The van der Waals surface area contributed by atoms with Gasteiger partial charge in [-0.25, -0.2) is 14.4 Å². The van der Waals surface area contributed by atoms with E-state index in [2.05, 4.69) is 24.5 Å². The Bertz CT molecular complexity index is 1300. The van der Waals surface area contributed by atoms with Crippen LogP contribution in [-0.4, -0.2) is 41.2 Å². The molecule has 2 heterocycles. The van der Waals surface area contributed by atoms with Crippen molar-refractivity contribution in [1.82, 2.24) is 9.97 Å². The predicted octanol–water partition coefficient (Wildman–Crippen LogP) is 4.23. The third kappa shape index (κ3) is 4.56. The third-order valence-electron chi connectivity index (χ3n) is 4.06. The lowest BCUT2D eigenvalue weighted by atomic mass is 10.1. The first kappa shape index (κ1) is 21.3. The van der Waals surface area contributed by atoms with Gasteiger partial charge in [0.05, 0.1) is 11.1 Å². The third-order valence-corrected chi connectivity index (χ3v) is 6.04. The number of halogens is 4. The second-order valence-corrected chi connectivity index (χ2v) is 8.88. The van der Waals surface area contributed by atoms with Gasteiger partial charge in [-0.3, -0.25) is 4.99 Å². The lowest BCUT2D eigenvalue weighted by Crippen LogP contribution is -2.28. The molecule has 162 valence electrons. The quantitative estimate of drug-likeness (QED) is 0.337. The van der Waals surface area contributed by atoms with E-state index >= 15 is 0 Å². The molecule has 0 atom stereocenters. The largest absolute Gasteiger partial charge is 0.534 e. The van der Waals surface area contributed by atoms with Gasteiger partial charge in [0.25, 0.3) is 0 Å². The van der Waals surface area contributed by atoms with Gasteiger partial charge in [-0.05, 0) is 24.3 Å². The number of hydrogen-bond donors (Lipinski definition) is 1. The Morgan fingerprint density at radius 2 is 1.97 bits per heavy atom. The number of rotatable bonds is 5. The number of benzene rings is 2. The molecule has 0 spiro atoms. The van der Waals surface area contributed by atoms with Crippen molar-refractivity contribution in [1.29, 1.82) is 0 Å². The summed E-state index contributed by atoms with van der Waals surface area (Å²) in [5, 5.41) is 3.55. The molecule has 0 unspecified atom stereocenters. The SMILES string of the molecule is O=S(=O)(Oc1cc2nc(Nc3cccc(F)c3)ncc2cc1C1=NCCS1)C(F)(F)F. The summed E-state index contributed by atoms with van der Waals surface area (Å²) >= 11 is 1.26. The molecule has 1 aromatic heterocycles. The number of hydrogen-bond acceptors (Lipinski definition) is 8. The Balaban J connectivity index is 1.78. The number of aromatic nitrogens is 2. The van der Waals surface area contributed by atoms with Crippen LogP contribution in [0, 0.1) is 5.82 Å². The van der Waals surface area contributed by atoms with Gasteiger partial charge in [0, 0.05) is 35.6 Å². The van der Waals surface area contributed by atoms with E-state index in [9.17, 15) is 26.0 Å². The predicted molar refractivity (Wildman–Crippen MR) is 109 cm³/mol. The maximum absolute atomic E-state index is 13.4. The molecule has 13 heteroatoms. The molecule has 7 nitrogen and oxygen atoms in total. The highest BCUT2D eigenvalue weighted by Crippen LogP contribution is 2.35. The average Bonchev–Trinajstić information content (AvgIpc) is 3.21. The van der Waals surface area contributed by atoms with Gasteiger partial charge in [0.1, 0.15) is 10.9 Å². The van der Waals surface area contributed by atoms with Crippen LogP contribution in [0.25, 0.3) is 10.9 Å². The van der Waals surface area contributed by atoms with E-state index in [0.717, 1.165) is 6.07 Å². The van der Waals surface area contributed by atoms with Crippen LogP contribution in [0.3, 0.4) is 0 Å². The van der Waals surface area contributed by atoms with E-state index in [1.165, 1.54) is 42.2 Å². The van der Waals surface area contributed by atoms with Crippen LogP contribution in [-0.2, 0) is 10.1 Å². The highest BCUT2D eigenvalue weighted by atomic mass is 32.2. The van der Waals surface area contributed by atoms with Gasteiger partial charge in [-0.2, -0.15) is 21.6 Å². The van der Waals surface area contributed by atoms with Gasteiger partial charge >= 0.3 is 15.6 Å². The standard InChI is InChI=1S/C18H12F4N4O3S2/c19-11-2-1-3-12(7-11)25-17-24-9-10-6-13(16-23-4-5-30-16)15(8-14(10)26-17)29-31(27,28)18(20,21)22/h1-3,6-9H,4-5H2,(H,24,25,26). The number of nitrogens with one attached hydrogen (secondary N) is 1. The molecule has 1 aliphatic rings. The monoisotopic (exact) mass is 472 g/mol. The zero-order chi connectivity index (χ0) is 22.2. The van der Waals surface area contributed by atoms with Crippen molar-refractivity contribution in [3.63, 3.8) is 0 Å². The number of aliphatic imine (C=N–C) groups is 1. The zero-order valence-corrected chi connectivity index (χ0v) is 17.0. The maximum atomic E-state index is 13.4. The summed E-state index contributed by atoms with van der Waals surface area (Å²) < 4.78 is 79.6. The molecule has 0 amide bonds. The van der Waals surface area contributed by atoms with Gasteiger partial charge in [-0.1, -0.05) is 6.07 Å². The van der Waals surface area contributed by atoms with Crippen molar-refractivity contribution >= 4 is 49.5 Å². The molecule has 0 aliphatic carbocycles. The number of fused-ring (bicyclic) bond motifs is 1. The Morgan fingerprint density at radius 1 is 1.16 bits per heavy atom. The van der Waals surface area contributed by atoms with Crippen LogP contribution in [0.15, 0.2) is 47.6 Å². The molecular weight excluding hydrogens is 460 g/mol. The van der Waals surface area contributed by atoms with E-state index in [-0.39, 0.29) is 17.0 Å². The Hall–Kier alpha value is -2.93. The number of nitrogens with zero attached hydrogens (tertiary/aromatic N) is 3. The van der Waals surface area contributed by atoms with Crippen LogP contribution < -0.4 is 9.50 Å². The summed E-state index contributed by atoms with van der Waals surface area (Å²) in [7, 11) is -5.90. The second kappa shape index (κ2) is 7.96. The molecule has 4 rings (SSSR count). The number of anilines is 2. The molecule has 2 aromatic carbocycles. The van der Waals surface area contributed by atoms with Gasteiger partial charge in [-0.15, -0.1) is 11.8 Å². The van der Waals surface area contributed by atoms with Crippen LogP contribution in [0.2, 0.25) is 0 Å². The van der Waals surface area contributed by atoms with Crippen molar-refractivity contribution in [2.75, 3.05) is 17.6 Å².